The minimum absolute atomic E-state index is 0.0742. The molecular formula is C45H29N3O. The van der Waals surface area contributed by atoms with E-state index in [0.29, 0.717) is 17.5 Å². The molecule has 0 amide bonds. The Morgan fingerprint density at radius 3 is 1.90 bits per heavy atom. The third-order valence-corrected chi connectivity index (χ3v) is 9.81. The predicted molar refractivity (Wildman–Crippen MR) is 199 cm³/mol. The number of benzene rings is 7. The molecule has 4 heteroatoms. The standard InChI is InChI=1S/C45H29N3O/c1-2-13-30(14-3-1)43-46-44(35-24-22-29-12-5-7-16-32(29)26-35)48-45(47-43)38-27-34-17-10-19-36(33-23-21-28-11-4-6-15-31(28)25-33)40(34)42-41(38)37-18-8-9-20-39(37)49-42/h1-17,19-27,37H,18H2. The van der Waals surface area contributed by atoms with E-state index >= 15 is 0 Å². The highest BCUT2D eigenvalue weighted by Crippen LogP contribution is 2.53. The van der Waals surface area contributed by atoms with Gasteiger partial charge in [0.15, 0.2) is 17.5 Å². The molecule has 1 unspecified atom stereocenters. The van der Waals surface area contributed by atoms with Crippen LogP contribution in [0, 0.1) is 0 Å². The van der Waals surface area contributed by atoms with E-state index in [9.17, 15) is 0 Å². The number of aromatic nitrogens is 3. The van der Waals surface area contributed by atoms with Gasteiger partial charge >= 0.3 is 0 Å². The van der Waals surface area contributed by atoms with E-state index in [1.165, 1.54) is 16.2 Å². The topological polar surface area (TPSA) is 47.9 Å². The molecule has 0 saturated carbocycles. The van der Waals surface area contributed by atoms with E-state index in [1.807, 2.05) is 18.2 Å². The van der Waals surface area contributed by atoms with Gasteiger partial charge in [0.1, 0.15) is 11.5 Å². The lowest BCUT2D eigenvalue weighted by Gasteiger charge is -2.17. The van der Waals surface area contributed by atoms with Gasteiger partial charge in [-0.05, 0) is 68.8 Å². The van der Waals surface area contributed by atoms with Crippen molar-refractivity contribution >= 4 is 32.3 Å². The van der Waals surface area contributed by atoms with Gasteiger partial charge in [-0.25, -0.2) is 15.0 Å². The third kappa shape index (κ3) is 4.64. The summed E-state index contributed by atoms with van der Waals surface area (Å²) in [6.07, 6.45) is 7.27. The molecule has 2 aliphatic rings. The lowest BCUT2D eigenvalue weighted by molar-refractivity contribution is 0.429. The molecule has 1 aliphatic carbocycles. The Bertz CT molecular complexity index is 2670. The first-order chi connectivity index (χ1) is 24.3. The Morgan fingerprint density at radius 1 is 0.490 bits per heavy atom. The average molecular weight is 628 g/mol. The van der Waals surface area contributed by atoms with Crippen LogP contribution in [0.3, 0.4) is 0 Å². The molecule has 8 aromatic rings. The van der Waals surface area contributed by atoms with Crippen molar-refractivity contribution in [1.29, 1.82) is 0 Å². The molecular weight excluding hydrogens is 599 g/mol. The van der Waals surface area contributed by atoms with Crippen LogP contribution in [0.15, 0.2) is 164 Å². The van der Waals surface area contributed by atoms with Crippen LogP contribution in [0.2, 0.25) is 0 Å². The van der Waals surface area contributed by atoms with E-state index < -0.39 is 0 Å². The van der Waals surface area contributed by atoms with Crippen molar-refractivity contribution in [3.05, 3.63) is 169 Å². The second-order valence-electron chi connectivity index (χ2n) is 12.8. The molecule has 0 fully saturated rings. The molecule has 230 valence electrons. The minimum Gasteiger partial charge on any atom is -0.460 e. The summed E-state index contributed by atoms with van der Waals surface area (Å²) in [6, 6.07) is 48.9. The number of fused-ring (bicyclic) bond motifs is 7. The molecule has 0 saturated heterocycles. The van der Waals surface area contributed by atoms with Crippen LogP contribution < -0.4 is 4.74 Å². The molecule has 0 spiro atoms. The number of hydrogen-bond acceptors (Lipinski definition) is 4. The van der Waals surface area contributed by atoms with Gasteiger partial charge in [-0.3, -0.25) is 0 Å². The highest BCUT2D eigenvalue weighted by Gasteiger charge is 2.36. The van der Waals surface area contributed by atoms with Crippen molar-refractivity contribution in [2.45, 2.75) is 12.3 Å². The molecule has 0 bridgehead atoms. The normalized spacial score (nSPS) is 14.9. The fraction of sp³-hybridized carbons (Fsp3) is 0.0444. The van der Waals surface area contributed by atoms with Gasteiger partial charge in [-0.1, -0.05) is 133 Å². The van der Waals surface area contributed by atoms with Crippen molar-refractivity contribution in [3.8, 4) is 51.0 Å². The Morgan fingerprint density at radius 2 is 1.12 bits per heavy atom. The summed E-state index contributed by atoms with van der Waals surface area (Å²) >= 11 is 0. The number of ether oxygens (including phenoxy) is 1. The largest absolute Gasteiger partial charge is 0.460 e. The number of nitrogens with zero attached hydrogens (tertiary/aromatic N) is 3. The molecule has 1 aromatic heterocycles. The smallest absolute Gasteiger partial charge is 0.164 e. The Labute approximate surface area is 283 Å². The van der Waals surface area contributed by atoms with Crippen molar-refractivity contribution in [1.82, 2.24) is 15.0 Å². The van der Waals surface area contributed by atoms with Crippen molar-refractivity contribution in [2.24, 2.45) is 0 Å². The summed E-state index contributed by atoms with van der Waals surface area (Å²) < 4.78 is 6.85. The Balaban J connectivity index is 1.24. The van der Waals surface area contributed by atoms with Crippen LogP contribution in [-0.2, 0) is 0 Å². The number of hydrogen-bond donors (Lipinski definition) is 0. The number of rotatable bonds is 4. The minimum atomic E-state index is 0.0742. The van der Waals surface area contributed by atoms with Gasteiger partial charge in [0.05, 0.1) is 5.92 Å². The van der Waals surface area contributed by atoms with Crippen LogP contribution in [0.5, 0.6) is 5.75 Å². The van der Waals surface area contributed by atoms with E-state index in [2.05, 4.69) is 140 Å². The first-order valence-electron chi connectivity index (χ1n) is 16.7. The van der Waals surface area contributed by atoms with Gasteiger partial charge in [0, 0.05) is 27.6 Å². The van der Waals surface area contributed by atoms with Crippen LogP contribution in [0.25, 0.3) is 77.6 Å². The Kier molecular flexibility index (Phi) is 6.28. The lowest BCUT2D eigenvalue weighted by atomic mass is 9.85. The summed E-state index contributed by atoms with van der Waals surface area (Å²) in [7, 11) is 0. The summed E-state index contributed by atoms with van der Waals surface area (Å²) in [5.41, 5.74) is 6.31. The highest BCUT2D eigenvalue weighted by molar-refractivity contribution is 6.06. The van der Waals surface area contributed by atoms with Gasteiger partial charge in [-0.15, -0.1) is 0 Å². The van der Waals surface area contributed by atoms with E-state index in [0.717, 1.165) is 67.5 Å². The SMILES string of the molecule is C1=CCC2C(=C1)Oc1c2c(-c2nc(-c3ccccc3)nc(-c3ccc4ccccc4c3)n2)cc2cccc(-c3ccc4ccccc4c3)c12. The summed E-state index contributed by atoms with van der Waals surface area (Å²) in [5.74, 6) is 3.87. The summed E-state index contributed by atoms with van der Waals surface area (Å²) in [5, 5.41) is 6.96. The lowest BCUT2D eigenvalue weighted by Crippen LogP contribution is -2.04. The second kappa shape index (κ2) is 11.1. The van der Waals surface area contributed by atoms with Gasteiger partial charge in [-0.2, -0.15) is 0 Å². The molecule has 10 rings (SSSR count). The molecule has 0 radical (unpaired) electrons. The zero-order valence-corrected chi connectivity index (χ0v) is 26.5. The fourth-order valence-electron chi connectivity index (χ4n) is 7.43. The van der Waals surface area contributed by atoms with E-state index in [1.54, 1.807) is 0 Å². The molecule has 7 aromatic carbocycles. The van der Waals surface area contributed by atoms with E-state index in [-0.39, 0.29) is 5.92 Å². The fourth-order valence-corrected chi connectivity index (χ4v) is 7.43. The maximum absolute atomic E-state index is 6.85. The quantitative estimate of drug-likeness (QED) is 0.195. The van der Waals surface area contributed by atoms with Crippen molar-refractivity contribution in [3.63, 3.8) is 0 Å². The van der Waals surface area contributed by atoms with Gasteiger partial charge in [0.2, 0.25) is 0 Å². The molecule has 2 heterocycles. The van der Waals surface area contributed by atoms with Crippen LogP contribution in [0.1, 0.15) is 17.9 Å². The van der Waals surface area contributed by atoms with Crippen LogP contribution in [-0.4, -0.2) is 15.0 Å². The first-order valence-corrected chi connectivity index (χ1v) is 16.7. The number of allylic oxidation sites excluding steroid dienone is 4. The maximum Gasteiger partial charge on any atom is 0.164 e. The van der Waals surface area contributed by atoms with Crippen LogP contribution >= 0.6 is 0 Å². The Hall–Kier alpha value is -6.39. The summed E-state index contributed by atoms with van der Waals surface area (Å²) in [6.45, 7) is 0. The molecule has 1 atom stereocenters. The maximum atomic E-state index is 6.85. The second-order valence-corrected chi connectivity index (χ2v) is 12.8. The monoisotopic (exact) mass is 627 g/mol. The summed E-state index contributed by atoms with van der Waals surface area (Å²) in [4.78, 5) is 15.5. The molecule has 1 aliphatic heterocycles. The van der Waals surface area contributed by atoms with Crippen LogP contribution in [0.4, 0.5) is 0 Å². The first kappa shape index (κ1) is 27.7. The van der Waals surface area contributed by atoms with Gasteiger partial charge in [0.25, 0.3) is 0 Å². The van der Waals surface area contributed by atoms with Crippen molar-refractivity contribution < 1.29 is 4.74 Å². The molecule has 4 nitrogen and oxygen atoms in total. The zero-order chi connectivity index (χ0) is 32.3. The van der Waals surface area contributed by atoms with Crippen molar-refractivity contribution in [2.75, 3.05) is 0 Å². The predicted octanol–water partition coefficient (Wildman–Crippen LogP) is 11.3. The third-order valence-electron chi connectivity index (χ3n) is 9.81. The average Bonchev–Trinajstić information content (AvgIpc) is 3.57. The molecule has 49 heavy (non-hydrogen) atoms. The molecule has 0 N–H and O–H groups in total. The van der Waals surface area contributed by atoms with E-state index in [4.69, 9.17) is 19.7 Å². The zero-order valence-electron chi connectivity index (χ0n) is 26.5. The highest BCUT2D eigenvalue weighted by atomic mass is 16.5. The van der Waals surface area contributed by atoms with Gasteiger partial charge < -0.3 is 4.74 Å².